The van der Waals surface area contributed by atoms with Crippen LogP contribution in [0.3, 0.4) is 0 Å². The van der Waals surface area contributed by atoms with Gasteiger partial charge in [-0.2, -0.15) is 0 Å². The van der Waals surface area contributed by atoms with E-state index in [-0.39, 0.29) is 11.5 Å². The first-order chi connectivity index (χ1) is 15.8. The van der Waals surface area contributed by atoms with E-state index in [4.69, 9.17) is 4.74 Å². The third-order valence-electron chi connectivity index (χ3n) is 6.84. The first-order valence-corrected chi connectivity index (χ1v) is 11.6. The summed E-state index contributed by atoms with van der Waals surface area (Å²) >= 11 is 0. The number of hydrogen-bond acceptors (Lipinski definition) is 6. The number of aliphatic hydroxyl groups is 1. The SMILES string of the molecule is C=C(O)C(OC)c1ccc(CC(CC)(NC)C(=O)c2ccc(N3CCN(C)CC3)cc2)cc1. The predicted octanol–water partition coefficient (Wildman–Crippen LogP) is 3.99. The van der Waals surface area contributed by atoms with Gasteiger partial charge in [0, 0.05) is 44.5 Å². The number of likely N-dealkylation sites (N-methyl/N-ethyl adjacent to an activating group) is 2. The van der Waals surface area contributed by atoms with Crippen molar-refractivity contribution < 1.29 is 14.6 Å². The second-order valence-corrected chi connectivity index (χ2v) is 8.88. The molecule has 0 saturated carbocycles. The van der Waals surface area contributed by atoms with Crippen LogP contribution in [0.5, 0.6) is 0 Å². The number of ether oxygens (including phenoxy) is 1. The summed E-state index contributed by atoms with van der Waals surface area (Å²) in [4.78, 5) is 18.3. The van der Waals surface area contributed by atoms with Crippen molar-refractivity contribution in [1.29, 1.82) is 0 Å². The Morgan fingerprint density at radius 2 is 1.73 bits per heavy atom. The highest BCUT2D eigenvalue weighted by atomic mass is 16.5. The molecule has 0 aromatic heterocycles. The van der Waals surface area contributed by atoms with Gasteiger partial charge < -0.3 is 25.0 Å². The zero-order valence-electron chi connectivity index (χ0n) is 20.3. The van der Waals surface area contributed by atoms with E-state index in [0.717, 1.165) is 42.9 Å². The van der Waals surface area contributed by atoms with Gasteiger partial charge in [0.25, 0.3) is 0 Å². The van der Waals surface area contributed by atoms with E-state index in [9.17, 15) is 9.90 Å². The summed E-state index contributed by atoms with van der Waals surface area (Å²) in [5.74, 6) is 0.0681. The highest BCUT2D eigenvalue weighted by molar-refractivity contribution is 6.03. The number of Topliss-reactive ketones (excluding diaryl/α,β-unsaturated/α-hetero) is 1. The molecule has 3 rings (SSSR count). The van der Waals surface area contributed by atoms with E-state index in [0.29, 0.717) is 12.8 Å². The number of piperazine rings is 1. The Morgan fingerprint density at radius 1 is 1.12 bits per heavy atom. The Kier molecular flexibility index (Phi) is 8.30. The molecule has 1 saturated heterocycles. The molecule has 0 bridgehead atoms. The zero-order valence-corrected chi connectivity index (χ0v) is 20.3. The van der Waals surface area contributed by atoms with Crippen molar-refractivity contribution in [2.24, 2.45) is 0 Å². The van der Waals surface area contributed by atoms with Gasteiger partial charge in [0.15, 0.2) is 5.78 Å². The number of anilines is 1. The monoisotopic (exact) mass is 451 g/mol. The van der Waals surface area contributed by atoms with E-state index >= 15 is 0 Å². The van der Waals surface area contributed by atoms with Crippen LogP contribution in [0.15, 0.2) is 60.9 Å². The van der Waals surface area contributed by atoms with Crippen molar-refractivity contribution in [3.8, 4) is 0 Å². The molecule has 2 unspecified atom stereocenters. The summed E-state index contributed by atoms with van der Waals surface area (Å²) in [7, 11) is 5.54. The number of ketones is 1. The van der Waals surface area contributed by atoms with Gasteiger partial charge in [0.1, 0.15) is 11.9 Å². The second-order valence-electron chi connectivity index (χ2n) is 8.88. The van der Waals surface area contributed by atoms with Crippen molar-refractivity contribution >= 4 is 11.5 Å². The Labute approximate surface area is 197 Å². The van der Waals surface area contributed by atoms with E-state index in [2.05, 4.69) is 40.9 Å². The average Bonchev–Trinajstić information content (AvgIpc) is 2.84. The number of carbonyl (C=O) groups excluding carboxylic acids is 1. The molecule has 0 aliphatic carbocycles. The van der Waals surface area contributed by atoms with Gasteiger partial charge in [0.2, 0.25) is 0 Å². The highest BCUT2D eigenvalue weighted by Gasteiger charge is 2.36. The lowest BCUT2D eigenvalue weighted by molar-refractivity contribution is 0.0851. The Morgan fingerprint density at radius 3 is 2.21 bits per heavy atom. The standard InChI is InChI=1S/C27H37N3O3/c1-6-27(28-3,19-21-7-9-22(10-8-21)25(33-5)20(2)31)26(32)23-11-13-24(14-12-23)30-17-15-29(4)16-18-30/h7-14,25,28,31H,2,6,15-19H2,1,3-5H3. The molecule has 2 atom stereocenters. The maximum absolute atomic E-state index is 13.6. The first kappa shape index (κ1) is 25.0. The molecule has 2 aromatic carbocycles. The maximum atomic E-state index is 13.6. The minimum Gasteiger partial charge on any atom is -0.510 e. The van der Waals surface area contributed by atoms with Crippen molar-refractivity contribution in [3.63, 3.8) is 0 Å². The molecule has 2 aromatic rings. The predicted molar refractivity (Wildman–Crippen MR) is 134 cm³/mol. The number of benzene rings is 2. The van der Waals surface area contributed by atoms with Crippen molar-refractivity contribution in [2.75, 3.05) is 52.3 Å². The minimum absolute atomic E-state index is 0.0291. The molecular formula is C27H37N3O3. The summed E-state index contributed by atoms with van der Waals surface area (Å²) in [6, 6.07) is 15.8. The maximum Gasteiger partial charge on any atom is 0.183 e. The number of rotatable bonds is 10. The molecule has 6 heteroatoms. The highest BCUT2D eigenvalue weighted by Crippen LogP contribution is 2.27. The Hall–Kier alpha value is -2.67. The van der Waals surface area contributed by atoms with Gasteiger partial charge in [0.05, 0.1) is 5.54 Å². The van der Waals surface area contributed by atoms with Crippen LogP contribution in [-0.4, -0.2) is 68.7 Å². The fourth-order valence-electron chi connectivity index (χ4n) is 4.53. The van der Waals surface area contributed by atoms with Crippen molar-refractivity contribution in [3.05, 3.63) is 77.6 Å². The van der Waals surface area contributed by atoms with Gasteiger partial charge >= 0.3 is 0 Å². The molecule has 178 valence electrons. The van der Waals surface area contributed by atoms with E-state index in [1.807, 2.05) is 50.4 Å². The van der Waals surface area contributed by atoms with Gasteiger partial charge in [-0.1, -0.05) is 37.8 Å². The number of hydrogen-bond donors (Lipinski definition) is 2. The van der Waals surface area contributed by atoms with Crippen LogP contribution < -0.4 is 10.2 Å². The third-order valence-corrected chi connectivity index (χ3v) is 6.84. The smallest absolute Gasteiger partial charge is 0.183 e. The molecule has 6 nitrogen and oxygen atoms in total. The van der Waals surface area contributed by atoms with Gasteiger partial charge in [-0.25, -0.2) is 0 Å². The lowest BCUT2D eigenvalue weighted by Gasteiger charge is -2.34. The summed E-state index contributed by atoms with van der Waals surface area (Å²) < 4.78 is 5.31. The van der Waals surface area contributed by atoms with E-state index in [1.54, 1.807) is 0 Å². The average molecular weight is 452 g/mol. The molecule has 1 heterocycles. The van der Waals surface area contributed by atoms with Crippen LogP contribution >= 0.6 is 0 Å². The number of aliphatic hydroxyl groups excluding tert-OH is 1. The number of methoxy groups -OCH3 is 1. The van der Waals surface area contributed by atoms with E-state index < -0.39 is 11.6 Å². The molecule has 1 fully saturated rings. The summed E-state index contributed by atoms with van der Waals surface area (Å²) in [5, 5.41) is 13.0. The molecule has 1 aliphatic heterocycles. The van der Waals surface area contributed by atoms with Crippen LogP contribution in [0.4, 0.5) is 5.69 Å². The summed E-state index contributed by atoms with van der Waals surface area (Å²) in [5.41, 5.74) is 3.05. The van der Waals surface area contributed by atoms with Crippen LogP contribution in [0.2, 0.25) is 0 Å². The topological polar surface area (TPSA) is 65.0 Å². The molecule has 0 radical (unpaired) electrons. The Balaban J connectivity index is 1.76. The molecule has 33 heavy (non-hydrogen) atoms. The quantitative estimate of drug-likeness (QED) is 0.421. The van der Waals surface area contributed by atoms with E-state index in [1.165, 1.54) is 12.8 Å². The summed E-state index contributed by atoms with van der Waals surface area (Å²) in [6.07, 6.45) is 0.676. The number of nitrogens with zero attached hydrogens (tertiary/aromatic N) is 2. The van der Waals surface area contributed by atoms with Gasteiger partial charge in [-0.3, -0.25) is 4.79 Å². The molecule has 1 aliphatic rings. The van der Waals surface area contributed by atoms with Crippen molar-refractivity contribution in [2.45, 2.75) is 31.4 Å². The second kappa shape index (κ2) is 11.0. The molecular weight excluding hydrogens is 414 g/mol. The lowest BCUT2D eigenvalue weighted by Crippen LogP contribution is -2.51. The fraction of sp³-hybridized carbons (Fsp3) is 0.444. The lowest BCUT2D eigenvalue weighted by atomic mass is 9.81. The van der Waals surface area contributed by atoms with Gasteiger partial charge in [-0.15, -0.1) is 0 Å². The zero-order chi connectivity index (χ0) is 24.0. The summed E-state index contributed by atoms with van der Waals surface area (Å²) in [6.45, 7) is 9.73. The molecule has 0 amide bonds. The molecule has 0 spiro atoms. The molecule has 2 N–H and O–H groups in total. The minimum atomic E-state index is -0.696. The van der Waals surface area contributed by atoms with Crippen LogP contribution in [0.25, 0.3) is 0 Å². The largest absolute Gasteiger partial charge is 0.510 e. The Bertz CT molecular complexity index is 928. The van der Waals surface area contributed by atoms with Crippen LogP contribution in [0.1, 0.15) is 40.9 Å². The van der Waals surface area contributed by atoms with Gasteiger partial charge in [-0.05, 0) is 62.3 Å². The van der Waals surface area contributed by atoms with Crippen molar-refractivity contribution in [1.82, 2.24) is 10.2 Å². The third kappa shape index (κ3) is 5.64. The van der Waals surface area contributed by atoms with Crippen LogP contribution in [0, 0.1) is 0 Å². The fourth-order valence-corrected chi connectivity index (χ4v) is 4.53. The normalized spacial score (nSPS) is 17.4. The van der Waals surface area contributed by atoms with Crippen LogP contribution in [-0.2, 0) is 11.2 Å². The number of nitrogens with one attached hydrogen (secondary N) is 1. The first-order valence-electron chi connectivity index (χ1n) is 11.6. The number of carbonyl (C=O) groups is 1.